The van der Waals surface area contributed by atoms with Gasteiger partial charge in [0.2, 0.25) is 5.43 Å². The monoisotopic (exact) mass is 443 g/mol. The van der Waals surface area contributed by atoms with Crippen LogP contribution in [-0.4, -0.2) is 46.5 Å². The number of aromatic nitrogens is 1. The van der Waals surface area contributed by atoms with Crippen molar-refractivity contribution in [1.82, 2.24) is 9.58 Å². The average molecular weight is 444 g/mol. The summed E-state index contributed by atoms with van der Waals surface area (Å²) >= 11 is 0. The first-order chi connectivity index (χ1) is 16.0. The SMILES string of the molecule is Cc1ccc2c(c1)[C@H](N1[C@@H]3COCCN3C(=O)c3c(O)c(=O)ccn31)c1ccccc1CC2. The third kappa shape index (κ3) is 2.99. The van der Waals surface area contributed by atoms with Gasteiger partial charge in [0, 0.05) is 18.8 Å². The Labute approximate surface area is 191 Å². The highest BCUT2D eigenvalue weighted by Gasteiger charge is 2.45. The molecule has 0 bridgehead atoms. The molecular weight excluding hydrogens is 418 g/mol. The van der Waals surface area contributed by atoms with Crippen LogP contribution in [0.2, 0.25) is 0 Å². The summed E-state index contributed by atoms with van der Waals surface area (Å²) in [5.74, 6) is -0.857. The van der Waals surface area contributed by atoms with Crippen molar-refractivity contribution >= 4 is 5.91 Å². The fraction of sp³-hybridized carbons (Fsp3) is 0.308. The molecule has 0 spiro atoms. The molecule has 168 valence electrons. The number of ether oxygens (including phenoxy) is 1. The maximum Gasteiger partial charge on any atom is 0.278 e. The van der Waals surface area contributed by atoms with Crippen LogP contribution in [0.4, 0.5) is 0 Å². The predicted molar refractivity (Wildman–Crippen MR) is 123 cm³/mol. The minimum atomic E-state index is -0.557. The van der Waals surface area contributed by atoms with Crippen molar-refractivity contribution in [2.24, 2.45) is 0 Å². The molecule has 3 aliphatic rings. The van der Waals surface area contributed by atoms with Gasteiger partial charge in [-0.3, -0.25) is 19.3 Å². The quantitative estimate of drug-likeness (QED) is 0.626. The normalized spacial score (nSPS) is 21.5. The van der Waals surface area contributed by atoms with Crippen LogP contribution in [0.1, 0.15) is 44.3 Å². The van der Waals surface area contributed by atoms with Crippen molar-refractivity contribution in [3.63, 3.8) is 0 Å². The lowest BCUT2D eigenvalue weighted by Gasteiger charge is -2.51. The fourth-order valence-electron chi connectivity index (χ4n) is 5.48. The molecule has 0 saturated carbocycles. The molecule has 2 aliphatic heterocycles. The molecule has 2 atom stereocenters. The molecule has 1 fully saturated rings. The number of nitrogens with zero attached hydrogens (tertiary/aromatic N) is 3. The molecule has 0 unspecified atom stereocenters. The number of pyridine rings is 1. The van der Waals surface area contributed by atoms with E-state index in [-0.39, 0.29) is 23.8 Å². The van der Waals surface area contributed by atoms with Crippen LogP contribution in [-0.2, 0) is 17.6 Å². The number of rotatable bonds is 1. The van der Waals surface area contributed by atoms with E-state index in [2.05, 4.69) is 48.3 Å². The summed E-state index contributed by atoms with van der Waals surface area (Å²) in [5, 5.41) is 12.8. The van der Waals surface area contributed by atoms with Gasteiger partial charge in [-0.2, -0.15) is 0 Å². The maximum absolute atomic E-state index is 13.4. The van der Waals surface area contributed by atoms with Crippen molar-refractivity contribution < 1.29 is 14.6 Å². The first-order valence-corrected chi connectivity index (χ1v) is 11.3. The fourth-order valence-corrected chi connectivity index (χ4v) is 5.48. The van der Waals surface area contributed by atoms with Crippen LogP contribution in [0.3, 0.4) is 0 Å². The molecule has 1 saturated heterocycles. The van der Waals surface area contributed by atoms with Crippen LogP contribution in [0.25, 0.3) is 0 Å². The second kappa shape index (κ2) is 7.49. The van der Waals surface area contributed by atoms with Gasteiger partial charge < -0.3 is 14.7 Å². The Bertz CT molecular complexity index is 1330. The summed E-state index contributed by atoms with van der Waals surface area (Å²) < 4.78 is 7.51. The Kier molecular flexibility index (Phi) is 4.55. The van der Waals surface area contributed by atoms with E-state index in [0.29, 0.717) is 19.8 Å². The molecule has 3 aromatic rings. The number of morpholine rings is 1. The summed E-state index contributed by atoms with van der Waals surface area (Å²) in [6.45, 7) is 3.25. The third-order valence-corrected chi connectivity index (χ3v) is 7.05. The van der Waals surface area contributed by atoms with E-state index in [1.807, 2.05) is 6.07 Å². The van der Waals surface area contributed by atoms with E-state index in [4.69, 9.17) is 4.74 Å². The van der Waals surface area contributed by atoms with Crippen LogP contribution in [0.15, 0.2) is 59.5 Å². The molecule has 0 radical (unpaired) electrons. The molecule has 2 aromatic carbocycles. The summed E-state index contributed by atoms with van der Waals surface area (Å²) in [7, 11) is 0. The van der Waals surface area contributed by atoms with Crippen LogP contribution in [0, 0.1) is 6.92 Å². The summed E-state index contributed by atoms with van der Waals surface area (Å²) in [5.41, 5.74) is 5.45. The summed E-state index contributed by atoms with van der Waals surface area (Å²) in [4.78, 5) is 27.4. The molecule has 1 amide bonds. The van der Waals surface area contributed by atoms with Crippen molar-refractivity contribution in [1.29, 1.82) is 0 Å². The maximum atomic E-state index is 13.4. The zero-order valence-corrected chi connectivity index (χ0v) is 18.4. The minimum absolute atomic E-state index is 0.0107. The van der Waals surface area contributed by atoms with Gasteiger partial charge in [-0.25, -0.2) is 0 Å². The van der Waals surface area contributed by atoms with Crippen LogP contribution in [0.5, 0.6) is 5.75 Å². The first kappa shape index (κ1) is 20.1. The Morgan fingerprint density at radius 1 is 1.00 bits per heavy atom. The predicted octanol–water partition coefficient (Wildman–Crippen LogP) is 2.50. The molecule has 6 rings (SSSR count). The zero-order valence-electron chi connectivity index (χ0n) is 18.4. The molecule has 33 heavy (non-hydrogen) atoms. The van der Waals surface area contributed by atoms with Crippen molar-refractivity contribution in [2.75, 3.05) is 24.8 Å². The van der Waals surface area contributed by atoms with Crippen molar-refractivity contribution in [2.45, 2.75) is 32.0 Å². The largest absolute Gasteiger partial charge is 0.502 e. The second-order valence-corrected chi connectivity index (χ2v) is 8.96. The number of aryl methyl sites for hydroxylation is 3. The van der Waals surface area contributed by atoms with E-state index < -0.39 is 11.2 Å². The lowest BCUT2D eigenvalue weighted by atomic mass is 9.92. The van der Waals surface area contributed by atoms with E-state index in [9.17, 15) is 14.7 Å². The highest BCUT2D eigenvalue weighted by molar-refractivity contribution is 5.96. The van der Waals surface area contributed by atoms with Crippen molar-refractivity contribution in [3.05, 3.63) is 98.5 Å². The van der Waals surface area contributed by atoms with Crippen LogP contribution < -0.4 is 10.4 Å². The average Bonchev–Trinajstić information content (AvgIpc) is 2.98. The molecule has 7 nitrogen and oxygen atoms in total. The standard InChI is InChI=1S/C26H25N3O4/c1-16-6-7-18-9-8-17-4-2-3-5-19(17)23(20(18)14-16)29-22-15-33-13-12-27(22)26(32)24-25(31)21(30)10-11-28(24)29/h2-7,10-11,14,22-23,31H,8-9,12-13,15H2,1H3/t22-,23-/m1/s1. The number of carbonyl (C=O) groups is 1. The number of aromatic hydroxyl groups is 1. The molecule has 1 N–H and O–H groups in total. The van der Waals surface area contributed by atoms with Gasteiger partial charge in [0.05, 0.1) is 19.3 Å². The first-order valence-electron chi connectivity index (χ1n) is 11.3. The smallest absolute Gasteiger partial charge is 0.278 e. The highest BCUT2D eigenvalue weighted by atomic mass is 16.5. The number of benzene rings is 2. The van der Waals surface area contributed by atoms with Crippen LogP contribution >= 0.6 is 0 Å². The Hall–Kier alpha value is -3.58. The molecule has 1 aliphatic carbocycles. The number of amides is 1. The van der Waals surface area contributed by atoms with Crippen molar-refractivity contribution in [3.8, 4) is 5.75 Å². The van der Waals surface area contributed by atoms with Gasteiger partial charge in [0.1, 0.15) is 6.17 Å². The number of carbonyl (C=O) groups excluding carboxylic acids is 1. The third-order valence-electron chi connectivity index (χ3n) is 7.05. The molecule has 1 aromatic heterocycles. The van der Waals surface area contributed by atoms with Gasteiger partial charge in [-0.1, -0.05) is 48.0 Å². The lowest BCUT2D eigenvalue weighted by molar-refractivity contribution is -0.0197. The van der Waals surface area contributed by atoms with E-state index in [1.54, 1.807) is 15.8 Å². The van der Waals surface area contributed by atoms with E-state index in [1.165, 1.54) is 22.8 Å². The Morgan fingerprint density at radius 3 is 2.64 bits per heavy atom. The number of fused-ring (bicyclic) bond motifs is 4. The lowest BCUT2D eigenvalue weighted by Crippen LogP contribution is -2.66. The van der Waals surface area contributed by atoms with Gasteiger partial charge >= 0.3 is 0 Å². The number of hydrogen-bond donors (Lipinski definition) is 1. The van der Waals surface area contributed by atoms with Gasteiger partial charge in [-0.15, -0.1) is 0 Å². The highest BCUT2D eigenvalue weighted by Crippen LogP contribution is 2.40. The number of hydrogen-bond acceptors (Lipinski definition) is 5. The molecular formula is C26H25N3O4. The summed E-state index contributed by atoms with van der Waals surface area (Å²) in [6, 6.07) is 16.0. The second-order valence-electron chi connectivity index (χ2n) is 8.96. The summed E-state index contributed by atoms with van der Waals surface area (Å²) in [6.07, 6.45) is 3.07. The minimum Gasteiger partial charge on any atom is -0.502 e. The van der Waals surface area contributed by atoms with Gasteiger partial charge in [-0.05, 0) is 42.0 Å². The Morgan fingerprint density at radius 2 is 1.79 bits per heavy atom. The van der Waals surface area contributed by atoms with Gasteiger partial charge in [0.25, 0.3) is 5.91 Å². The Balaban J connectivity index is 1.67. The molecule has 7 heteroatoms. The van der Waals surface area contributed by atoms with E-state index >= 15 is 0 Å². The van der Waals surface area contributed by atoms with E-state index in [0.717, 1.165) is 24.0 Å². The zero-order chi connectivity index (χ0) is 22.7. The van der Waals surface area contributed by atoms with Gasteiger partial charge in [0.15, 0.2) is 11.4 Å². The molecule has 3 heterocycles. The topological polar surface area (TPSA) is 75.0 Å².